The Bertz CT molecular complexity index is 591. The van der Waals surface area contributed by atoms with Crippen LogP contribution in [0.1, 0.15) is 26.7 Å². The number of imidazole rings is 1. The number of rotatable bonds is 6. The highest BCUT2D eigenvalue weighted by molar-refractivity contribution is 5.40. The lowest BCUT2D eigenvalue weighted by atomic mass is 10.2. The van der Waals surface area contributed by atoms with Crippen molar-refractivity contribution < 1.29 is 0 Å². The van der Waals surface area contributed by atoms with Crippen LogP contribution in [0.15, 0.2) is 18.7 Å². The van der Waals surface area contributed by atoms with Gasteiger partial charge in [-0.3, -0.25) is 4.57 Å². The quantitative estimate of drug-likeness (QED) is 0.872. The van der Waals surface area contributed by atoms with Gasteiger partial charge in [0, 0.05) is 32.0 Å². The summed E-state index contributed by atoms with van der Waals surface area (Å²) in [6.07, 6.45) is 7.83. The number of aromatic nitrogens is 5. The Kier molecular flexibility index (Phi) is 3.72. The van der Waals surface area contributed by atoms with Crippen LogP contribution in [0, 0.1) is 5.92 Å². The van der Waals surface area contributed by atoms with Gasteiger partial charge in [-0.05, 0) is 32.6 Å². The third kappa shape index (κ3) is 2.96. The van der Waals surface area contributed by atoms with E-state index in [1.807, 2.05) is 20.2 Å². The first kappa shape index (κ1) is 13.8. The number of hydrogen-bond donors (Lipinski definition) is 1. The molecule has 2 aromatic heterocycles. The Morgan fingerprint density at radius 2 is 2.19 bits per heavy atom. The lowest BCUT2D eigenvalue weighted by molar-refractivity contribution is 0.595. The van der Waals surface area contributed by atoms with Crippen molar-refractivity contribution >= 4 is 11.9 Å². The molecule has 0 aromatic carbocycles. The van der Waals surface area contributed by atoms with Gasteiger partial charge in [0.25, 0.3) is 0 Å². The molecule has 0 spiro atoms. The van der Waals surface area contributed by atoms with E-state index in [-0.39, 0.29) is 0 Å². The second-order valence-electron chi connectivity index (χ2n) is 5.45. The van der Waals surface area contributed by atoms with Gasteiger partial charge < -0.3 is 10.2 Å². The molecule has 0 saturated heterocycles. The molecule has 1 aliphatic carbocycles. The molecule has 2 aromatic rings. The van der Waals surface area contributed by atoms with Crippen LogP contribution in [0.4, 0.5) is 11.9 Å². The molecular formula is C14H21N7. The van der Waals surface area contributed by atoms with Crippen LogP contribution in [0.2, 0.25) is 0 Å². The zero-order chi connectivity index (χ0) is 14.8. The summed E-state index contributed by atoms with van der Waals surface area (Å²) in [5.41, 5.74) is 0. The molecule has 1 atom stereocenters. The van der Waals surface area contributed by atoms with Gasteiger partial charge in [-0.25, -0.2) is 4.98 Å². The highest BCUT2D eigenvalue weighted by Gasteiger charge is 2.31. The summed E-state index contributed by atoms with van der Waals surface area (Å²) < 4.78 is 1.79. The van der Waals surface area contributed by atoms with Crippen molar-refractivity contribution in [2.75, 3.05) is 23.8 Å². The summed E-state index contributed by atoms with van der Waals surface area (Å²) in [6, 6.07) is 0.442. The van der Waals surface area contributed by atoms with E-state index in [0.717, 1.165) is 12.5 Å². The standard InChI is InChI=1S/C14H21N7/c1-4-16-12-17-13(20(3)10(2)11-5-6-11)19-14(18-12)21-8-7-15-9-21/h7-11H,4-6H2,1-3H3,(H,16,17,18,19). The van der Waals surface area contributed by atoms with Crippen LogP contribution in [-0.2, 0) is 0 Å². The minimum absolute atomic E-state index is 0.442. The molecule has 112 valence electrons. The predicted octanol–water partition coefficient (Wildman–Crippen LogP) is 1.72. The van der Waals surface area contributed by atoms with Crippen molar-refractivity contribution in [3.8, 4) is 5.95 Å². The normalized spacial score (nSPS) is 15.8. The fraction of sp³-hybridized carbons (Fsp3) is 0.571. The summed E-state index contributed by atoms with van der Waals surface area (Å²) >= 11 is 0. The first-order chi connectivity index (χ1) is 10.2. The minimum atomic E-state index is 0.442. The van der Waals surface area contributed by atoms with Crippen molar-refractivity contribution in [1.82, 2.24) is 24.5 Å². The Morgan fingerprint density at radius 1 is 1.38 bits per heavy atom. The summed E-state index contributed by atoms with van der Waals surface area (Å²) in [6.45, 7) is 5.02. The zero-order valence-electron chi connectivity index (χ0n) is 12.7. The van der Waals surface area contributed by atoms with E-state index in [1.165, 1.54) is 12.8 Å². The first-order valence-corrected chi connectivity index (χ1v) is 7.40. The molecule has 7 heteroatoms. The van der Waals surface area contributed by atoms with Crippen LogP contribution in [0.5, 0.6) is 0 Å². The van der Waals surface area contributed by atoms with Crippen molar-refractivity contribution in [2.24, 2.45) is 5.92 Å². The van der Waals surface area contributed by atoms with Crippen molar-refractivity contribution in [3.63, 3.8) is 0 Å². The van der Waals surface area contributed by atoms with Crippen molar-refractivity contribution in [1.29, 1.82) is 0 Å². The van der Waals surface area contributed by atoms with E-state index >= 15 is 0 Å². The molecule has 21 heavy (non-hydrogen) atoms. The van der Waals surface area contributed by atoms with Gasteiger partial charge in [-0.1, -0.05) is 0 Å². The number of nitrogens with one attached hydrogen (secondary N) is 1. The molecule has 0 amide bonds. The molecule has 1 N–H and O–H groups in total. The largest absolute Gasteiger partial charge is 0.354 e. The fourth-order valence-electron chi connectivity index (χ4n) is 2.32. The molecule has 3 rings (SSSR count). The predicted molar refractivity (Wildman–Crippen MR) is 81.7 cm³/mol. The first-order valence-electron chi connectivity index (χ1n) is 7.40. The van der Waals surface area contributed by atoms with Gasteiger partial charge >= 0.3 is 0 Å². The molecular weight excluding hydrogens is 266 g/mol. The van der Waals surface area contributed by atoms with Crippen molar-refractivity contribution in [3.05, 3.63) is 18.7 Å². The van der Waals surface area contributed by atoms with E-state index in [2.05, 4.69) is 37.1 Å². The molecule has 1 fully saturated rings. The van der Waals surface area contributed by atoms with Crippen LogP contribution in [0.3, 0.4) is 0 Å². The van der Waals surface area contributed by atoms with Gasteiger partial charge in [0.15, 0.2) is 0 Å². The molecule has 7 nitrogen and oxygen atoms in total. The monoisotopic (exact) mass is 287 g/mol. The number of anilines is 2. The Morgan fingerprint density at radius 3 is 2.81 bits per heavy atom. The van der Waals surface area contributed by atoms with Crippen LogP contribution in [0.25, 0.3) is 5.95 Å². The Balaban J connectivity index is 1.94. The molecule has 0 radical (unpaired) electrons. The van der Waals surface area contributed by atoms with Crippen LogP contribution >= 0.6 is 0 Å². The van der Waals surface area contributed by atoms with E-state index in [0.29, 0.717) is 23.9 Å². The maximum absolute atomic E-state index is 4.58. The third-order valence-electron chi connectivity index (χ3n) is 3.91. The molecule has 1 saturated carbocycles. The summed E-state index contributed by atoms with van der Waals surface area (Å²) in [5.74, 6) is 2.64. The van der Waals surface area contributed by atoms with Crippen LogP contribution < -0.4 is 10.2 Å². The maximum Gasteiger partial charge on any atom is 0.241 e. The molecule has 0 bridgehead atoms. The van der Waals surface area contributed by atoms with Crippen LogP contribution in [-0.4, -0.2) is 44.1 Å². The average molecular weight is 287 g/mol. The van der Waals surface area contributed by atoms with E-state index < -0.39 is 0 Å². The second-order valence-corrected chi connectivity index (χ2v) is 5.45. The van der Waals surface area contributed by atoms with Gasteiger partial charge in [0.2, 0.25) is 17.8 Å². The molecule has 1 aliphatic rings. The minimum Gasteiger partial charge on any atom is -0.354 e. The number of hydrogen-bond acceptors (Lipinski definition) is 6. The van der Waals surface area contributed by atoms with E-state index in [9.17, 15) is 0 Å². The van der Waals surface area contributed by atoms with Crippen molar-refractivity contribution in [2.45, 2.75) is 32.7 Å². The van der Waals surface area contributed by atoms with E-state index in [1.54, 1.807) is 17.1 Å². The Labute approximate surface area is 124 Å². The topological polar surface area (TPSA) is 71.8 Å². The third-order valence-corrected chi connectivity index (χ3v) is 3.91. The SMILES string of the molecule is CCNc1nc(N(C)C(C)C2CC2)nc(-n2ccnc2)n1. The summed E-state index contributed by atoms with van der Waals surface area (Å²) in [5, 5.41) is 3.17. The number of nitrogens with zero attached hydrogens (tertiary/aromatic N) is 6. The summed E-state index contributed by atoms with van der Waals surface area (Å²) in [4.78, 5) is 19.7. The Hall–Kier alpha value is -2.18. The second kappa shape index (κ2) is 5.67. The smallest absolute Gasteiger partial charge is 0.241 e. The average Bonchev–Trinajstić information content (AvgIpc) is 3.20. The zero-order valence-corrected chi connectivity index (χ0v) is 12.7. The van der Waals surface area contributed by atoms with Gasteiger partial charge in [0.05, 0.1) is 0 Å². The highest BCUT2D eigenvalue weighted by Crippen LogP contribution is 2.35. The van der Waals surface area contributed by atoms with E-state index in [4.69, 9.17) is 0 Å². The summed E-state index contributed by atoms with van der Waals surface area (Å²) in [7, 11) is 2.05. The molecule has 1 unspecified atom stereocenters. The van der Waals surface area contributed by atoms with Gasteiger partial charge in [-0.2, -0.15) is 15.0 Å². The van der Waals surface area contributed by atoms with Gasteiger partial charge in [0.1, 0.15) is 6.33 Å². The fourth-order valence-corrected chi connectivity index (χ4v) is 2.32. The van der Waals surface area contributed by atoms with Gasteiger partial charge in [-0.15, -0.1) is 0 Å². The lowest BCUT2D eigenvalue weighted by Gasteiger charge is -2.25. The highest BCUT2D eigenvalue weighted by atomic mass is 15.3. The lowest BCUT2D eigenvalue weighted by Crippen LogP contribution is -2.32. The maximum atomic E-state index is 4.58. The molecule has 2 heterocycles. The molecule has 0 aliphatic heterocycles.